The van der Waals surface area contributed by atoms with Gasteiger partial charge in [0.2, 0.25) is 5.95 Å². The predicted octanol–water partition coefficient (Wildman–Crippen LogP) is 2.55. The van der Waals surface area contributed by atoms with E-state index in [2.05, 4.69) is 30.2 Å². The van der Waals surface area contributed by atoms with Crippen LogP contribution in [0.25, 0.3) is 28.6 Å². The van der Waals surface area contributed by atoms with Gasteiger partial charge in [-0.15, -0.1) is 15.3 Å². The number of anilines is 1. The fourth-order valence-electron chi connectivity index (χ4n) is 3.36. The van der Waals surface area contributed by atoms with Crippen LogP contribution >= 0.6 is 0 Å². The first-order valence-corrected chi connectivity index (χ1v) is 9.03. The number of aromatic nitrogens is 7. The molecule has 0 atom stereocenters. The molecule has 27 heavy (non-hydrogen) atoms. The lowest BCUT2D eigenvalue weighted by Gasteiger charge is -2.15. The zero-order chi connectivity index (χ0) is 18.2. The van der Waals surface area contributed by atoms with Crippen molar-refractivity contribution in [3.05, 3.63) is 48.3 Å². The number of fused-ring (bicyclic) bond motifs is 1. The Labute approximate surface area is 155 Å². The highest BCUT2D eigenvalue weighted by Gasteiger charge is 2.18. The quantitative estimate of drug-likeness (QED) is 0.556. The molecule has 3 aromatic heterocycles. The molecular weight excluding hydrogens is 340 g/mol. The molecule has 0 N–H and O–H groups in total. The molecule has 134 valence electrons. The number of rotatable bonds is 3. The number of hydrogen-bond acceptors (Lipinski definition) is 7. The van der Waals surface area contributed by atoms with Crippen molar-refractivity contribution >= 4 is 11.7 Å². The van der Waals surface area contributed by atoms with Gasteiger partial charge in [0.1, 0.15) is 5.69 Å². The van der Waals surface area contributed by atoms with E-state index in [1.54, 1.807) is 10.7 Å². The van der Waals surface area contributed by atoms with Gasteiger partial charge >= 0.3 is 0 Å². The number of hydrogen-bond donors (Lipinski definition) is 0. The van der Waals surface area contributed by atoms with Crippen LogP contribution in [0.15, 0.2) is 42.6 Å². The van der Waals surface area contributed by atoms with Gasteiger partial charge in [0.15, 0.2) is 5.82 Å². The van der Waals surface area contributed by atoms with Crippen LogP contribution in [0.1, 0.15) is 18.5 Å². The molecule has 0 bridgehead atoms. The third kappa shape index (κ3) is 2.79. The van der Waals surface area contributed by atoms with Crippen molar-refractivity contribution in [3.8, 4) is 22.8 Å². The summed E-state index contributed by atoms with van der Waals surface area (Å²) in [6, 6.07) is 11.7. The Kier molecular flexibility index (Phi) is 3.74. The molecule has 0 amide bonds. The molecule has 8 nitrogen and oxygen atoms in total. The average molecular weight is 358 g/mol. The summed E-state index contributed by atoms with van der Waals surface area (Å²) in [5.74, 6) is 1.85. The Balaban J connectivity index is 1.58. The average Bonchev–Trinajstić information content (AvgIpc) is 3.40. The monoisotopic (exact) mass is 358 g/mol. The van der Waals surface area contributed by atoms with Crippen molar-refractivity contribution in [2.75, 3.05) is 18.0 Å². The minimum Gasteiger partial charge on any atom is -0.341 e. The topological polar surface area (TPSA) is 85.0 Å². The molecule has 0 radical (unpaired) electrons. The maximum absolute atomic E-state index is 4.71. The maximum Gasteiger partial charge on any atom is 0.272 e. The fraction of sp³-hybridized carbons (Fsp3) is 0.263. The Bertz CT molecular complexity index is 1100. The lowest BCUT2D eigenvalue weighted by atomic mass is 10.2. The fourth-order valence-corrected chi connectivity index (χ4v) is 3.36. The van der Waals surface area contributed by atoms with Crippen LogP contribution in [0.2, 0.25) is 0 Å². The van der Waals surface area contributed by atoms with Gasteiger partial charge in [0.05, 0.1) is 11.4 Å². The van der Waals surface area contributed by atoms with Crippen molar-refractivity contribution < 1.29 is 0 Å². The molecule has 1 saturated heterocycles. The van der Waals surface area contributed by atoms with Gasteiger partial charge in [-0.2, -0.15) is 9.50 Å². The minimum absolute atomic E-state index is 0.476. The van der Waals surface area contributed by atoms with E-state index >= 15 is 0 Å². The normalized spacial score (nSPS) is 14.2. The van der Waals surface area contributed by atoms with Gasteiger partial charge in [0, 0.05) is 24.8 Å². The maximum atomic E-state index is 4.71. The summed E-state index contributed by atoms with van der Waals surface area (Å²) in [6.07, 6.45) is 4.14. The third-order valence-electron chi connectivity index (χ3n) is 4.80. The summed E-state index contributed by atoms with van der Waals surface area (Å²) in [4.78, 5) is 15.8. The second-order valence-electron chi connectivity index (χ2n) is 6.58. The van der Waals surface area contributed by atoms with E-state index in [0.29, 0.717) is 17.3 Å². The van der Waals surface area contributed by atoms with Crippen molar-refractivity contribution in [3.63, 3.8) is 0 Å². The zero-order valence-electron chi connectivity index (χ0n) is 14.9. The van der Waals surface area contributed by atoms with Gasteiger partial charge in [-0.3, -0.25) is 0 Å². The summed E-state index contributed by atoms with van der Waals surface area (Å²) in [7, 11) is 0. The SMILES string of the molecule is Cc1c(-c2ccnc(N3CCCC3)n2)nnc2nc(-c3ccccc3)nn12. The summed E-state index contributed by atoms with van der Waals surface area (Å²) < 4.78 is 1.72. The van der Waals surface area contributed by atoms with E-state index in [9.17, 15) is 0 Å². The summed E-state index contributed by atoms with van der Waals surface area (Å²) in [6.45, 7) is 3.95. The first-order chi connectivity index (χ1) is 13.3. The summed E-state index contributed by atoms with van der Waals surface area (Å²) >= 11 is 0. The smallest absolute Gasteiger partial charge is 0.272 e. The highest BCUT2D eigenvalue weighted by Crippen LogP contribution is 2.23. The molecule has 5 rings (SSSR count). The number of aryl methyl sites for hydroxylation is 1. The molecule has 0 spiro atoms. The molecule has 4 heterocycles. The molecule has 1 aliphatic rings. The van der Waals surface area contributed by atoms with Crippen LogP contribution in [-0.4, -0.2) is 47.9 Å². The van der Waals surface area contributed by atoms with E-state index < -0.39 is 0 Å². The largest absolute Gasteiger partial charge is 0.341 e. The summed E-state index contributed by atoms with van der Waals surface area (Å²) in [5, 5.41) is 13.2. The molecule has 1 aromatic carbocycles. The van der Waals surface area contributed by atoms with Crippen molar-refractivity contribution in [2.45, 2.75) is 19.8 Å². The van der Waals surface area contributed by atoms with Crippen LogP contribution < -0.4 is 4.90 Å². The van der Waals surface area contributed by atoms with Gasteiger partial charge < -0.3 is 4.90 Å². The van der Waals surface area contributed by atoms with Crippen LogP contribution in [-0.2, 0) is 0 Å². The van der Waals surface area contributed by atoms with Crippen LogP contribution in [0.3, 0.4) is 0 Å². The first kappa shape index (κ1) is 15.8. The molecule has 1 fully saturated rings. The van der Waals surface area contributed by atoms with Crippen LogP contribution in [0.5, 0.6) is 0 Å². The zero-order valence-corrected chi connectivity index (χ0v) is 14.9. The van der Waals surface area contributed by atoms with E-state index in [1.807, 2.05) is 43.3 Å². The Morgan fingerprint density at radius 3 is 2.56 bits per heavy atom. The molecule has 8 heteroatoms. The molecular formula is C19H18N8. The Morgan fingerprint density at radius 2 is 1.74 bits per heavy atom. The number of nitrogens with zero attached hydrogens (tertiary/aromatic N) is 8. The minimum atomic E-state index is 0.476. The lowest BCUT2D eigenvalue weighted by Crippen LogP contribution is -2.20. The van der Waals surface area contributed by atoms with Crippen molar-refractivity contribution in [2.24, 2.45) is 0 Å². The Morgan fingerprint density at radius 1 is 0.926 bits per heavy atom. The standard InChI is InChI=1S/C19H18N8/c1-13-16(15-9-10-20-18(21-15)26-11-5-6-12-26)23-24-19-22-17(25-27(13)19)14-7-3-2-4-8-14/h2-4,7-10H,5-6,11-12H2,1H3. The van der Waals surface area contributed by atoms with Crippen molar-refractivity contribution in [1.82, 2.24) is 34.8 Å². The number of benzene rings is 1. The molecule has 1 aliphatic heterocycles. The second-order valence-corrected chi connectivity index (χ2v) is 6.58. The van der Waals surface area contributed by atoms with E-state index in [1.165, 1.54) is 12.8 Å². The van der Waals surface area contributed by atoms with Crippen molar-refractivity contribution in [1.29, 1.82) is 0 Å². The van der Waals surface area contributed by atoms with Gasteiger partial charge in [-0.05, 0) is 25.8 Å². The van der Waals surface area contributed by atoms with E-state index in [0.717, 1.165) is 36.0 Å². The van der Waals surface area contributed by atoms with Gasteiger partial charge in [0.25, 0.3) is 5.78 Å². The Hall–Kier alpha value is -3.42. The molecule has 0 unspecified atom stereocenters. The molecule has 0 aliphatic carbocycles. The van der Waals surface area contributed by atoms with Crippen LogP contribution in [0, 0.1) is 6.92 Å². The highest BCUT2D eigenvalue weighted by atomic mass is 15.4. The predicted molar refractivity (Wildman–Crippen MR) is 101 cm³/mol. The van der Waals surface area contributed by atoms with Gasteiger partial charge in [-0.1, -0.05) is 30.3 Å². The molecule has 4 aromatic rings. The van der Waals surface area contributed by atoms with E-state index in [-0.39, 0.29) is 0 Å². The molecule has 0 saturated carbocycles. The highest BCUT2D eigenvalue weighted by molar-refractivity contribution is 5.61. The first-order valence-electron chi connectivity index (χ1n) is 9.03. The van der Waals surface area contributed by atoms with Gasteiger partial charge in [-0.25, -0.2) is 9.97 Å². The van der Waals surface area contributed by atoms with Crippen LogP contribution in [0.4, 0.5) is 5.95 Å². The summed E-state index contributed by atoms with van der Waals surface area (Å²) in [5.41, 5.74) is 3.23. The third-order valence-corrected chi connectivity index (χ3v) is 4.80. The second kappa shape index (κ2) is 6.39. The lowest BCUT2D eigenvalue weighted by molar-refractivity contribution is 0.847. The van der Waals surface area contributed by atoms with E-state index in [4.69, 9.17) is 4.98 Å².